The summed E-state index contributed by atoms with van der Waals surface area (Å²) in [6, 6.07) is 0. The normalized spacial score (nSPS) is 36.3. The average molecular weight is 152 g/mol. The Balaban J connectivity index is 2.18. The van der Waals surface area contributed by atoms with Crippen molar-refractivity contribution in [1.82, 2.24) is 0 Å². The molecule has 0 radical (unpaired) electrons. The second-order valence-corrected chi connectivity index (χ2v) is 3.48. The van der Waals surface area contributed by atoms with Gasteiger partial charge in [-0.2, -0.15) is 0 Å². The summed E-state index contributed by atoms with van der Waals surface area (Å²) in [4.78, 5) is 0. The van der Waals surface area contributed by atoms with E-state index in [-0.39, 0.29) is 11.7 Å². The van der Waals surface area contributed by atoms with Crippen molar-refractivity contribution in [1.29, 1.82) is 0 Å². The highest BCUT2D eigenvalue weighted by atomic mass is 19.1. The molecular formula is C10H13F. The van der Waals surface area contributed by atoms with Gasteiger partial charge in [0, 0.05) is 5.92 Å². The second-order valence-electron chi connectivity index (χ2n) is 3.48. The van der Waals surface area contributed by atoms with E-state index in [9.17, 15) is 4.39 Å². The summed E-state index contributed by atoms with van der Waals surface area (Å²) in [6.07, 6.45) is 10.2. The van der Waals surface area contributed by atoms with Crippen LogP contribution in [0, 0.1) is 11.8 Å². The Morgan fingerprint density at radius 1 is 1.27 bits per heavy atom. The maximum atomic E-state index is 13.1. The monoisotopic (exact) mass is 152 g/mol. The van der Waals surface area contributed by atoms with Crippen molar-refractivity contribution in [3.8, 4) is 0 Å². The van der Waals surface area contributed by atoms with E-state index in [1.165, 1.54) is 6.42 Å². The third-order valence-electron chi connectivity index (χ3n) is 2.80. The van der Waals surface area contributed by atoms with Crippen LogP contribution in [-0.2, 0) is 0 Å². The summed E-state index contributed by atoms with van der Waals surface area (Å²) in [5.74, 6) is 0.976. The highest BCUT2D eigenvalue weighted by molar-refractivity contribution is 5.10. The first-order valence-electron chi connectivity index (χ1n) is 4.38. The summed E-state index contributed by atoms with van der Waals surface area (Å²) in [5.41, 5.74) is 0. The molecule has 0 amide bonds. The molecule has 60 valence electrons. The van der Waals surface area contributed by atoms with E-state index in [4.69, 9.17) is 0 Å². The number of hydrogen-bond donors (Lipinski definition) is 0. The predicted molar refractivity (Wildman–Crippen MR) is 43.8 cm³/mol. The van der Waals surface area contributed by atoms with Crippen LogP contribution in [0.1, 0.15) is 25.7 Å². The second kappa shape index (κ2) is 2.80. The maximum Gasteiger partial charge on any atom is 0.0996 e. The van der Waals surface area contributed by atoms with Crippen molar-refractivity contribution < 1.29 is 4.39 Å². The van der Waals surface area contributed by atoms with Crippen molar-refractivity contribution in [2.24, 2.45) is 11.8 Å². The van der Waals surface area contributed by atoms with E-state index in [0.29, 0.717) is 5.92 Å². The van der Waals surface area contributed by atoms with Gasteiger partial charge in [-0.1, -0.05) is 18.2 Å². The van der Waals surface area contributed by atoms with E-state index in [0.717, 1.165) is 19.3 Å². The molecular weight excluding hydrogens is 139 g/mol. The topological polar surface area (TPSA) is 0 Å². The number of halogens is 1. The standard InChI is InChI=1S/C10H13F/c11-10-7-3-5-8-4-1-2-6-9(8)10/h1-2,7-9H,3-6H2. The first-order valence-corrected chi connectivity index (χ1v) is 4.38. The van der Waals surface area contributed by atoms with Crippen LogP contribution in [0.5, 0.6) is 0 Å². The van der Waals surface area contributed by atoms with Crippen LogP contribution >= 0.6 is 0 Å². The van der Waals surface area contributed by atoms with Crippen LogP contribution in [0.25, 0.3) is 0 Å². The van der Waals surface area contributed by atoms with Crippen LogP contribution in [-0.4, -0.2) is 0 Å². The fraction of sp³-hybridized carbons (Fsp3) is 0.600. The third-order valence-corrected chi connectivity index (χ3v) is 2.80. The lowest BCUT2D eigenvalue weighted by molar-refractivity contribution is 0.282. The molecule has 0 spiro atoms. The van der Waals surface area contributed by atoms with Gasteiger partial charge in [-0.05, 0) is 31.6 Å². The molecule has 0 fully saturated rings. The van der Waals surface area contributed by atoms with Gasteiger partial charge in [-0.25, -0.2) is 4.39 Å². The van der Waals surface area contributed by atoms with Gasteiger partial charge >= 0.3 is 0 Å². The van der Waals surface area contributed by atoms with Gasteiger partial charge in [0.1, 0.15) is 0 Å². The van der Waals surface area contributed by atoms with Gasteiger partial charge in [0.15, 0.2) is 0 Å². The molecule has 0 saturated heterocycles. The zero-order valence-corrected chi connectivity index (χ0v) is 6.59. The Hall–Kier alpha value is -0.590. The van der Waals surface area contributed by atoms with Gasteiger partial charge in [0.2, 0.25) is 0 Å². The fourth-order valence-corrected chi connectivity index (χ4v) is 2.11. The van der Waals surface area contributed by atoms with E-state index in [1.54, 1.807) is 6.08 Å². The van der Waals surface area contributed by atoms with Gasteiger partial charge in [-0.3, -0.25) is 0 Å². The average Bonchev–Trinajstić information content (AvgIpc) is 2.06. The Bertz CT molecular complexity index is 203. The molecule has 0 bridgehead atoms. The van der Waals surface area contributed by atoms with E-state index in [2.05, 4.69) is 12.2 Å². The predicted octanol–water partition coefficient (Wildman–Crippen LogP) is 3.22. The molecule has 2 rings (SSSR count). The van der Waals surface area contributed by atoms with Crippen LogP contribution in [0.4, 0.5) is 4.39 Å². The molecule has 11 heavy (non-hydrogen) atoms. The first kappa shape index (κ1) is 7.08. The van der Waals surface area contributed by atoms with Crippen molar-refractivity contribution in [3.63, 3.8) is 0 Å². The highest BCUT2D eigenvalue weighted by Crippen LogP contribution is 2.38. The zero-order chi connectivity index (χ0) is 7.68. The van der Waals surface area contributed by atoms with Crippen molar-refractivity contribution in [2.45, 2.75) is 25.7 Å². The van der Waals surface area contributed by atoms with Gasteiger partial charge in [0.05, 0.1) is 5.83 Å². The number of rotatable bonds is 0. The number of fused-ring (bicyclic) bond motifs is 1. The SMILES string of the molecule is FC1=CCCC2CC=CCC12. The molecule has 1 heteroatoms. The molecule has 2 unspecified atom stereocenters. The molecule has 0 aromatic heterocycles. The van der Waals surface area contributed by atoms with E-state index < -0.39 is 0 Å². The molecule has 2 atom stereocenters. The quantitative estimate of drug-likeness (QED) is 0.467. The summed E-state index contributed by atoms with van der Waals surface area (Å²) in [5, 5.41) is 0. The third kappa shape index (κ3) is 1.24. The molecule has 2 aliphatic carbocycles. The van der Waals surface area contributed by atoms with Crippen molar-refractivity contribution in [2.75, 3.05) is 0 Å². The smallest absolute Gasteiger partial charge is 0.0996 e. The Kier molecular flexibility index (Phi) is 1.80. The van der Waals surface area contributed by atoms with Crippen molar-refractivity contribution in [3.05, 3.63) is 24.1 Å². The molecule has 0 N–H and O–H groups in total. The van der Waals surface area contributed by atoms with Crippen molar-refractivity contribution >= 4 is 0 Å². The van der Waals surface area contributed by atoms with Gasteiger partial charge < -0.3 is 0 Å². The lowest BCUT2D eigenvalue weighted by Crippen LogP contribution is -2.20. The van der Waals surface area contributed by atoms with Gasteiger partial charge in [-0.15, -0.1) is 0 Å². The molecule has 0 aromatic rings. The number of hydrogen-bond acceptors (Lipinski definition) is 0. The largest absolute Gasteiger partial charge is 0.212 e. The van der Waals surface area contributed by atoms with E-state index >= 15 is 0 Å². The summed E-state index contributed by atoms with van der Waals surface area (Å²) < 4.78 is 13.1. The number of allylic oxidation sites excluding steroid dienone is 4. The minimum absolute atomic E-state index is 0.144. The first-order chi connectivity index (χ1) is 5.38. The maximum absolute atomic E-state index is 13.1. The van der Waals surface area contributed by atoms with Crippen LogP contribution in [0.3, 0.4) is 0 Å². The Labute approximate surface area is 66.8 Å². The minimum Gasteiger partial charge on any atom is -0.212 e. The van der Waals surface area contributed by atoms with Crippen LogP contribution < -0.4 is 0 Å². The zero-order valence-electron chi connectivity index (χ0n) is 6.59. The summed E-state index contributed by atoms with van der Waals surface area (Å²) in [7, 11) is 0. The summed E-state index contributed by atoms with van der Waals surface area (Å²) in [6.45, 7) is 0. The lowest BCUT2D eigenvalue weighted by Gasteiger charge is -2.30. The Morgan fingerprint density at radius 2 is 2.09 bits per heavy atom. The molecule has 0 nitrogen and oxygen atoms in total. The molecule has 2 aliphatic rings. The highest BCUT2D eigenvalue weighted by Gasteiger charge is 2.28. The van der Waals surface area contributed by atoms with Crippen LogP contribution in [0.15, 0.2) is 24.1 Å². The molecule has 0 aromatic carbocycles. The summed E-state index contributed by atoms with van der Waals surface area (Å²) >= 11 is 0. The fourth-order valence-electron chi connectivity index (χ4n) is 2.11. The minimum atomic E-state index is 0.144. The Morgan fingerprint density at radius 3 is 2.91 bits per heavy atom. The van der Waals surface area contributed by atoms with E-state index in [1.807, 2.05) is 0 Å². The van der Waals surface area contributed by atoms with Gasteiger partial charge in [0.25, 0.3) is 0 Å². The lowest BCUT2D eigenvalue weighted by atomic mass is 9.76. The van der Waals surface area contributed by atoms with Crippen LogP contribution in [0.2, 0.25) is 0 Å². The molecule has 0 heterocycles. The molecule has 0 saturated carbocycles. The molecule has 0 aliphatic heterocycles.